The first kappa shape index (κ1) is 20.1. The predicted molar refractivity (Wildman–Crippen MR) is 105 cm³/mol. The van der Waals surface area contributed by atoms with E-state index in [9.17, 15) is 14.9 Å². The van der Waals surface area contributed by atoms with Crippen LogP contribution in [0.1, 0.15) is 21.7 Å². The van der Waals surface area contributed by atoms with Crippen molar-refractivity contribution in [2.45, 2.75) is 13.5 Å². The van der Waals surface area contributed by atoms with Gasteiger partial charge in [0.1, 0.15) is 10.7 Å². The summed E-state index contributed by atoms with van der Waals surface area (Å²) in [6.07, 6.45) is 1.50. The summed E-state index contributed by atoms with van der Waals surface area (Å²) in [6, 6.07) is 5.05. The molecule has 0 spiro atoms. The number of halogens is 3. The summed E-state index contributed by atoms with van der Waals surface area (Å²) in [5.74, 6) is -0.684. The van der Waals surface area contributed by atoms with Gasteiger partial charge in [0.25, 0.3) is 5.91 Å². The smallest absolute Gasteiger partial charge is 0.302 e. The maximum atomic E-state index is 12.6. The zero-order valence-corrected chi connectivity index (χ0v) is 16.9. The Kier molecular flexibility index (Phi) is 5.59. The summed E-state index contributed by atoms with van der Waals surface area (Å²) < 4.78 is 2.62. The van der Waals surface area contributed by atoms with Crippen molar-refractivity contribution in [3.8, 4) is 0 Å². The van der Waals surface area contributed by atoms with Crippen LogP contribution in [-0.4, -0.2) is 30.4 Å². The van der Waals surface area contributed by atoms with E-state index >= 15 is 0 Å². The second-order valence-electron chi connectivity index (χ2n) is 5.88. The van der Waals surface area contributed by atoms with Crippen LogP contribution in [0, 0.1) is 17.0 Å². The van der Waals surface area contributed by atoms with Gasteiger partial charge in [0.05, 0.1) is 11.5 Å². The molecule has 28 heavy (non-hydrogen) atoms. The van der Waals surface area contributed by atoms with Crippen molar-refractivity contribution in [2.24, 2.45) is 7.05 Å². The van der Waals surface area contributed by atoms with E-state index in [4.69, 9.17) is 34.8 Å². The van der Waals surface area contributed by atoms with Crippen molar-refractivity contribution >= 4 is 52.2 Å². The Morgan fingerprint density at radius 3 is 2.61 bits per heavy atom. The summed E-state index contributed by atoms with van der Waals surface area (Å²) in [5, 5.41) is 23.0. The topological polar surface area (TPSA) is 108 Å². The van der Waals surface area contributed by atoms with Gasteiger partial charge in [-0.2, -0.15) is 10.2 Å². The Morgan fingerprint density at radius 1 is 1.25 bits per heavy atom. The molecule has 146 valence electrons. The van der Waals surface area contributed by atoms with Gasteiger partial charge in [-0.1, -0.05) is 40.9 Å². The van der Waals surface area contributed by atoms with Crippen molar-refractivity contribution in [1.29, 1.82) is 0 Å². The lowest BCUT2D eigenvalue weighted by Gasteiger charge is -2.05. The Morgan fingerprint density at radius 2 is 1.96 bits per heavy atom. The Hall–Kier alpha value is -2.62. The Balaban J connectivity index is 1.85. The number of carbonyl (C=O) groups is 1. The molecule has 3 rings (SSSR count). The minimum atomic E-state index is -0.744. The van der Waals surface area contributed by atoms with Gasteiger partial charge in [-0.3, -0.25) is 24.3 Å². The number of carbonyl (C=O) groups excluding carboxylic acids is 1. The second-order valence-corrected chi connectivity index (χ2v) is 7.13. The van der Waals surface area contributed by atoms with E-state index in [0.29, 0.717) is 10.0 Å². The highest BCUT2D eigenvalue weighted by molar-refractivity contribution is 6.35. The molecular formula is C16H13Cl3N6O3. The van der Waals surface area contributed by atoms with Crippen molar-refractivity contribution < 1.29 is 9.72 Å². The molecule has 0 aliphatic heterocycles. The molecule has 0 saturated heterocycles. The number of benzene rings is 1. The van der Waals surface area contributed by atoms with Crippen molar-refractivity contribution in [2.75, 3.05) is 5.32 Å². The molecule has 0 unspecified atom stereocenters. The number of aromatic nitrogens is 4. The number of amides is 1. The normalized spacial score (nSPS) is 10.9. The number of nitrogens with zero attached hydrogens (tertiary/aromatic N) is 5. The lowest BCUT2D eigenvalue weighted by molar-refractivity contribution is -0.385. The van der Waals surface area contributed by atoms with Crippen LogP contribution in [0.25, 0.3) is 0 Å². The molecule has 0 aliphatic carbocycles. The molecule has 12 heteroatoms. The summed E-state index contributed by atoms with van der Waals surface area (Å²) in [7, 11) is 1.44. The van der Waals surface area contributed by atoms with E-state index in [-0.39, 0.29) is 34.5 Å². The number of hydrogen-bond acceptors (Lipinski definition) is 5. The minimum Gasteiger partial charge on any atom is -0.302 e. The van der Waals surface area contributed by atoms with Crippen LogP contribution in [0.2, 0.25) is 15.1 Å². The van der Waals surface area contributed by atoms with Crippen LogP contribution in [0.3, 0.4) is 0 Å². The second kappa shape index (κ2) is 7.78. The third-order valence-electron chi connectivity index (χ3n) is 3.88. The van der Waals surface area contributed by atoms with E-state index in [1.165, 1.54) is 24.9 Å². The van der Waals surface area contributed by atoms with E-state index in [1.54, 1.807) is 18.2 Å². The van der Waals surface area contributed by atoms with Crippen molar-refractivity contribution in [3.05, 3.63) is 66.5 Å². The van der Waals surface area contributed by atoms with Crippen LogP contribution in [0.4, 0.5) is 11.5 Å². The highest BCUT2D eigenvalue weighted by Crippen LogP contribution is 2.26. The van der Waals surface area contributed by atoms with Crippen LogP contribution in [0.15, 0.2) is 24.4 Å². The van der Waals surface area contributed by atoms with Gasteiger partial charge in [-0.05, 0) is 24.6 Å². The summed E-state index contributed by atoms with van der Waals surface area (Å²) in [5.41, 5.74) is 0.310. The van der Waals surface area contributed by atoms with Crippen LogP contribution < -0.4 is 5.32 Å². The molecule has 0 saturated carbocycles. The molecule has 2 aromatic heterocycles. The van der Waals surface area contributed by atoms with E-state index in [1.807, 2.05) is 0 Å². The first-order valence-electron chi connectivity index (χ1n) is 7.83. The number of rotatable bonds is 5. The van der Waals surface area contributed by atoms with Gasteiger partial charge < -0.3 is 5.32 Å². The first-order valence-corrected chi connectivity index (χ1v) is 8.97. The highest BCUT2D eigenvalue weighted by atomic mass is 35.5. The van der Waals surface area contributed by atoms with E-state index < -0.39 is 10.8 Å². The average molecular weight is 444 g/mol. The first-order chi connectivity index (χ1) is 13.2. The third-order valence-corrected chi connectivity index (χ3v) is 4.75. The molecule has 3 aromatic rings. The summed E-state index contributed by atoms with van der Waals surface area (Å²) in [4.78, 5) is 23.2. The zero-order valence-electron chi connectivity index (χ0n) is 14.6. The van der Waals surface area contributed by atoms with Crippen LogP contribution in [0.5, 0.6) is 0 Å². The quantitative estimate of drug-likeness (QED) is 0.472. The lowest BCUT2D eigenvalue weighted by Crippen LogP contribution is -2.18. The number of aryl methyl sites for hydroxylation is 2. The maximum Gasteiger partial charge on any atom is 0.322 e. The van der Waals surface area contributed by atoms with Gasteiger partial charge >= 0.3 is 5.69 Å². The van der Waals surface area contributed by atoms with Gasteiger partial charge in [-0.25, -0.2) is 0 Å². The van der Waals surface area contributed by atoms with E-state index in [2.05, 4.69) is 15.5 Å². The van der Waals surface area contributed by atoms with E-state index in [0.717, 1.165) is 10.2 Å². The Labute approximate surface area is 173 Å². The molecule has 2 heterocycles. The molecule has 0 fully saturated rings. The monoisotopic (exact) mass is 442 g/mol. The number of hydrogen-bond donors (Lipinski definition) is 1. The Bertz CT molecular complexity index is 1090. The molecule has 0 radical (unpaired) electrons. The van der Waals surface area contributed by atoms with Gasteiger partial charge in [0.15, 0.2) is 5.82 Å². The standard InChI is InChI=1S/C16H13Cl3N6O3/c1-8-13(25(27)28)14(23(2)21-8)16(26)20-15-12(19)7-24(22-15)6-9-3-4-10(17)5-11(9)18/h3-5,7H,6H2,1-2H3,(H,20,22,26). The SMILES string of the molecule is Cc1nn(C)c(C(=O)Nc2nn(Cc3ccc(Cl)cc3Cl)cc2Cl)c1[N+](=O)[O-]. The average Bonchev–Trinajstić information content (AvgIpc) is 3.08. The van der Waals surface area contributed by atoms with Gasteiger partial charge in [0, 0.05) is 23.3 Å². The number of anilines is 1. The minimum absolute atomic E-state index is 0.0601. The van der Waals surface area contributed by atoms with Crippen LogP contribution >= 0.6 is 34.8 Å². The molecule has 0 bridgehead atoms. The fourth-order valence-corrected chi connectivity index (χ4v) is 3.34. The summed E-state index contributed by atoms with van der Waals surface area (Å²) in [6.45, 7) is 1.74. The zero-order chi connectivity index (χ0) is 20.6. The molecule has 1 aromatic carbocycles. The van der Waals surface area contributed by atoms with Crippen molar-refractivity contribution in [3.63, 3.8) is 0 Å². The van der Waals surface area contributed by atoms with Gasteiger partial charge in [-0.15, -0.1) is 0 Å². The maximum absolute atomic E-state index is 12.6. The number of nitrogens with one attached hydrogen (secondary N) is 1. The molecular weight excluding hydrogens is 431 g/mol. The lowest BCUT2D eigenvalue weighted by atomic mass is 10.2. The predicted octanol–water partition coefficient (Wildman–Crippen LogP) is 4.09. The highest BCUT2D eigenvalue weighted by Gasteiger charge is 2.30. The molecule has 1 N–H and O–H groups in total. The summed E-state index contributed by atoms with van der Waals surface area (Å²) >= 11 is 18.2. The van der Waals surface area contributed by atoms with Crippen molar-refractivity contribution in [1.82, 2.24) is 19.6 Å². The largest absolute Gasteiger partial charge is 0.322 e. The van der Waals surface area contributed by atoms with Crippen LogP contribution in [-0.2, 0) is 13.6 Å². The molecule has 0 atom stereocenters. The molecule has 9 nitrogen and oxygen atoms in total. The number of nitro groups is 1. The van der Waals surface area contributed by atoms with Gasteiger partial charge in [0.2, 0.25) is 5.69 Å². The molecule has 0 aliphatic rings. The fourth-order valence-electron chi connectivity index (χ4n) is 2.67. The molecule has 1 amide bonds. The third kappa shape index (κ3) is 3.96. The fraction of sp³-hybridized carbons (Fsp3) is 0.188.